The average Bonchev–Trinajstić information content (AvgIpc) is 2.49. The fraction of sp³-hybridized carbons (Fsp3) is 0.188. The molecule has 2 aromatic carbocycles. The number of ether oxygens (including phenoxy) is 1. The van der Waals surface area contributed by atoms with Crippen molar-refractivity contribution in [1.29, 1.82) is 0 Å². The van der Waals surface area contributed by atoms with Crippen LogP contribution in [0.15, 0.2) is 42.5 Å². The lowest BCUT2D eigenvalue weighted by atomic mass is 10.1. The van der Waals surface area contributed by atoms with Crippen LogP contribution in [0.25, 0.3) is 0 Å². The van der Waals surface area contributed by atoms with E-state index in [4.69, 9.17) is 5.73 Å². The molecule has 0 radical (unpaired) electrons. The number of nitrogen functional groups attached to an aromatic ring is 1. The number of methoxy groups -OCH3 is 1. The van der Waals surface area contributed by atoms with E-state index in [2.05, 4.69) is 23.0 Å². The summed E-state index contributed by atoms with van der Waals surface area (Å²) in [7, 11) is 1.35. The van der Waals surface area contributed by atoms with E-state index in [0.717, 1.165) is 17.8 Å². The first-order valence-corrected chi connectivity index (χ1v) is 6.48. The highest BCUT2D eigenvalue weighted by Gasteiger charge is 2.09. The summed E-state index contributed by atoms with van der Waals surface area (Å²) in [6.45, 7) is 2.10. The molecule has 0 spiro atoms. The van der Waals surface area contributed by atoms with Gasteiger partial charge < -0.3 is 15.8 Å². The molecular formula is C16H18N2O2. The number of hydrogen-bond donors (Lipinski definition) is 2. The summed E-state index contributed by atoms with van der Waals surface area (Å²) in [4.78, 5) is 11.4. The van der Waals surface area contributed by atoms with E-state index < -0.39 is 5.97 Å². The number of benzene rings is 2. The van der Waals surface area contributed by atoms with E-state index in [9.17, 15) is 4.79 Å². The van der Waals surface area contributed by atoms with E-state index in [1.807, 2.05) is 18.2 Å². The first-order valence-electron chi connectivity index (χ1n) is 6.48. The van der Waals surface area contributed by atoms with Crippen molar-refractivity contribution in [3.63, 3.8) is 0 Å². The molecule has 0 bridgehead atoms. The Kier molecular flexibility index (Phi) is 4.25. The maximum Gasteiger partial charge on any atom is 0.337 e. The van der Waals surface area contributed by atoms with Crippen molar-refractivity contribution in [3.05, 3.63) is 53.6 Å². The number of aryl methyl sites for hydroxylation is 1. The lowest BCUT2D eigenvalue weighted by molar-refractivity contribution is 0.0601. The number of nitrogens with two attached hydrogens (primary N) is 1. The van der Waals surface area contributed by atoms with Gasteiger partial charge >= 0.3 is 5.97 Å². The smallest absolute Gasteiger partial charge is 0.337 e. The molecule has 2 rings (SSSR count). The largest absolute Gasteiger partial charge is 0.465 e. The van der Waals surface area contributed by atoms with Gasteiger partial charge in [0.1, 0.15) is 0 Å². The summed E-state index contributed by atoms with van der Waals surface area (Å²) >= 11 is 0. The van der Waals surface area contributed by atoms with Crippen molar-refractivity contribution >= 4 is 23.0 Å². The molecule has 20 heavy (non-hydrogen) atoms. The lowest BCUT2D eigenvalue weighted by Gasteiger charge is -2.13. The molecule has 0 heterocycles. The third-order valence-corrected chi connectivity index (χ3v) is 3.14. The normalized spacial score (nSPS) is 10.1. The minimum absolute atomic E-state index is 0.391. The highest BCUT2D eigenvalue weighted by molar-refractivity contribution is 5.92. The monoisotopic (exact) mass is 270 g/mol. The third-order valence-electron chi connectivity index (χ3n) is 3.14. The first kappa shape index (κ1) is 13.9. The van der Waals surface area contributed by atoms with Crippen molar-refractivity contribution < 1.29 is 9.53 Å². The number of esters is 1. The number of hydrogen-bond acceptors (Lipinski definition) is 4. The molecule has 2 aromatic rings. The second-order valence-corrected chi connectivity index (χ2v) is 4.43. The van der Waals surface area contributed by atoms with Crippen molar-refractivity contribution in [2.24, 2.45) is 0 Å². The minimum atomic E-state index is -0.391. The van der Waals surface area contributed by atoms with Gasteiger partial charge in [-0.3, -0.25) is 0 Å². The van der Waals surface area contributed by atoms with Crippen LogP contribution in [0, 0.1) is 0 Å². The first-order chi connectivity index (χ1) is 9.65. The molecule has 0 aliphatic carbocycles. The SMILES string of the molecule is CCc1ccccc1Nc1ccc(C(=O)OC)cc1N. The summed E-state index contributed by atoms with van der Waals surface area (Å²) in [6, 6.07) is 13.2. The van der Waals surface area contributed by atoms with Gasteiger partial charge in [-0.2, -0.15) is 0 Å². The topological polar surface area (TPSA) is 64.3 Å². The van der Waals surface area contributed by atoms with Crippen LogP contribution in [0.2, 0.25) is 0 Å². The molecular weight excluding hydrogens is 252 g/mol. The predicted molar refractivity (Wildman–Crippen MR) is 81.3 cm³/mol. The molecule has 0 aromatic heterocycles. The second-order valence-electron chi connectivity index (χ2n) is 4.43. The molecule has 0 fully saturated rings. The maximum absolute atomic E-state index is 11.4. The summed E-state index contributed by atoms with van der Waals surface area (Å²) in [6.07, 6.45) is 0.934. The van der Waals surface area contributed by atoms with Gasteiger partial charge in [0, 0.05) is 5.69 Å². The summed E-state index contributed by atoms with van der Waals surface area (Å²) < 4.78 is 4.67. The number of carbonyl (C=O) groups excluding carboxylic acids is 1. The Morgan fingerprint density at radius 1 is 1.20 bits per heavy atom. The standard InChI is InChI=1S/C16H18N2O2/c1-3-11-6-4-5-7-14(11)18-15-9-8-12(10-13(15)17)16(19)20-2/h4-10,18H,3,17H2,1-2H3. The molecule has 4 nitrogen and oxygen atoms in total. The Labute approximate surface area is 118 Å². The molecule has 4 heteroatoms. The third kappa shape index (κ3) is 2.91. The Morgan fingerprint density at radius 2 is 1.95 bits per heavy atom. The van der Waals surface area contributed by atoms with Crippen LogP contribution in [0.3, 0.4) is 0 Å². The average molecular weight is 270 g/mol. The summed E-state index contributed by atoms with van der Waals surface area (Å²) in [5.74, 6) is -0.391. The molecule has 0 saturated carbocycles. The van der Waals surface area contributed by atoms with Crippen LogP contribution in [0.5, 0.6) is 0 Å². The Bertz CT molecular complexity index is 624. The Balaban J connectivity index is 2.28. The van der Waals surface area contributed by atoms with Gasteiger partial charge in [0.05, 0.1) is 24.0 Å². The van der Waals surface area contributed by atoms with E-state index in [-0.39, 0.29) is 0 Å². The van der Waals surface area contributed by atoms with Crippen LogP contribution < -0.4 is 11.1 Å². The van der Waals surface area contributed by atoms with Crippen molar-refractivity contribution in [3.8, 4) is 0 Å². The molecule has 3 N–H and O–H groups in total. The van der Waals surface area contributed by atoms with Gasteiger partial charge in [0.2, 0.25) is 0 Å². The van der Waals surface area contributed by atoms with E-state index >= 15 is 0 Å². The van der Waals surface area contributed by atoms with Crippen LogP contribution in [0.1, 0.15) is 22.8 Å². The number of nitrogens with one attached hydrogen (secondary N) is 1. The molecule has 0 amide bonds. The van der Waals surface area contributed by atoms with Crippen molar-refractivity contribution in [1.82, 2.24) is 0 Å². The van der Waals surface area contributed by atoms with Gasteiger partial charge in [0.15, 0.2) is 0 Å². The Hall–Kier alpha value is -2.49. The second kappa shape index (κ2) is 6.10. The maximum atomic E-state index is 11.4. The van der Waals surface area contributed by atoms with Gasteiger partial charge in [-0.05, 0) is 36.2 Å². The fourth-order valence-electron chi connectivity index (χ4n) is 2.02. The molecule has 0 saturated heterocycles. The highest BCUT2D eigenvalue weighted by Crippen LogP contribution is 2.26. The van der Waals surface area contributed by atoms with E-state index in [1.165, 1.54) is 12.7 Å². The number of para-hydroxylation sites is 1. The molecule has 0 aliphatic rings. The molecule has 0 aliphatic heterocycles. The molecule has 0 atom stereocenters. The number of anilines is 3. The number of carbonyl (C=O) groups is 1. The molecule has 104 valence electrons. The zero-order chi connectivity index (χ0) is 14.5. The zero-order valence-electron chi connectivity index (χ0n) is 11.6. The Morgan fingerprint density at radius 3 is 2.60 bits per heavy atom. The summed E-state index contributed by atoms with van der Waals surface area (Å²) in [5, 5.41) is 3.30. The minimum Gasteiger partial charge on any atom is -0.465 e. The van der Waals surface area contributed by atoms with Gasteiger partial charge in [-0.25, -0.2) is 4.79 Å². The van der Waals surface area contributed by atoms with Crippen LogP contribution in [0.4, 0.5) is 17.1 Å². The van der Waals surface area contributed by atoms with E-state index in [1.54, 1.807) is 18.2 Å². The van der Waals surface area contributed by atoms with Crippen molar-refractivity contribution in [2.45, 2.75) is 13.3 Å². The lowest BCUT2D eigenvalue weighted by Crippen LogP contribution is -2.04. The van der Waals surface area contributed by atoms with Crippen molar-refractivity contribution in [2.75, 3.05) is 18.2 Å². The zero-order valence-corrected chi connectivity index (χ0v) is 11.6. The predicted octanol–water partition coefficient (Wildman–Crippen LogP) is 3.36. The van der Waals surface area contributed by atoms with Crippen LogP contribution in [-0.4, -0.2) is 13.1 Å². The highest BCUT2D eigenvalue weighted by atomic mass is 16.5. The number of rotatable bonds is 4. The van der Waals surface area contributed by atoms with Crippen LogP contribution in [-0.2, 0) is 11.2 Å². The van der Waals surface area contributed by atoms with E-state index in [0.29, 0.717) is 11.3 Å². The van der Waals surface area contributed by atoms with Gasteiger partial charge in [-0.15, -0.1) is 0 Å². The van der Waals surface area contributed by atoms with Crippen LogP contribution >= 0.6 is 0 Å². The molecule has 0 unspecified atom stereocenters. The van der Waals surface area contributed by atoms with Gasteiger partial charge in [0.25, 0.3) is 0 Å². The van der Waals surface area contributed by atoms with Gasteiger partial charge in [-0.1, -0.05) is 25.1 Å². The quantitative estimate of drug-likeness (QED) is 0.660. The summed E-state index contributed by atoms with van der Waals surface area (Å²) in [5.41, 5.74) is 9.95. The fourth-order valence-corrected chi connectivity index (χ4v) is 2.02.